The molecular weight excluding hydrogens is 441 g/mol. The van der Waals surface area contributed by atoms with E-state index in [9.17, 15) is 26.4 Å². The van der Waals surface area contributed by atoms with E-state index in [1.807, 2.05) is 6.07 Å². The molecule has 0 heterocycles. The summed E-state index contributed by atoms with van der Waals surface area (Å²) in [6, 6.07) is 19.8. The molecule has 1 N–H and O–H groups in total. The second-order valence-corrected chi connectivity index (χ2v) is 8.79. The molecule has 168 valence electrons. The molecule has 0 aliphatic carbocycles. The fraction of sp³-hybridized carbons (Fsp3) is 0.174. The van der Waals surface area contributed by atoms with Crippen LogP contribution in [0.3, 0.4) is 0 Å². The van der Waals surface area contributed by atoms with Crippen LogP contribution in [0.15, 0.2) is 83.8 Å². The zero-order valence-electron chi connectivity index (χ0n) is 17.1. The zero-order chi connectivity index (χ0) is 23.4. The molecule has 32 heavy (non-hydrogen) atoms. The highest BCUT2D eigenvalue weighted by Crippen LogP contribution is 2.34. The van der Waals surface area contributed by atoms with E-state index in [0.29, 0.717) is 11.1 Å². The van der Waals surface area contributed by atoms with Crippen LogP contribution in [0.5, 0.6) is 0 Å². The summed E-state index contributed by atoms with van der Waals surface area (Å²) in [6.07, 6.45) is -4.66. The fourth-order valence-electron chi connectivity index (χ4n) is 3.24. The lowest BCUT2D eigenvalue weighted by atomic mass is 10.1. The number of hydrogen-bond donors (Lipinski definition) is 1. The van der Waals surface area contributed by atoms with Crippen LogP contribution in [-0.2, 0) is 21.0 Å². The molecule has 0 fully saturated rings. The quantitative estimate of drug-likeness (QED) is 0.536. The van der Waals surface area contributed by atoms with Crippen molar-refractivity contribution in [2.45, 2.75) is 18.0 Å². The summed E-state index contributed by atoms with van der Waals surface area (Å²) in [6.45, 7) is 0.883. The fourth-order valence-corrected chi connectivity index (χ4v) is 4.86. The molecule has 3 rings (SSSR count). The predicted octanol–water partition coefficient (Wildman–Crippen LogP) is 5.02. The van der Waals surface area contributed by atoms with Crippen molar-refractivity contribution in [3.63, 3.8) is 0 Å². The van der Waals surface area contributed by atoms with Gasteiger partial charge in [0.2, 0.25) is 15.9 Å². The minimum Gasteiger partial charge on any atom is -0.324 e. The number of benzene rings is 3. The Bertz CT molecular complexity index is 1200. The number of hydrogen-bond acceptors (Lipinski definition) is 3. The van der Waals surface area contributed by atoms with Crippen LogP contribution in [0.4, 0.5) is 18.9 Å². The predicted molar refractivity (Wildman–Crippen MR) is 116 cm³/mol. The van der Waals surface area contributed by atoms with E-state index in [1.165, 1.54) is 18.2 Å². The Morgan fingerprint density at radius 3 is 2.16 bits per heavy atom. The number of sulfonamides is 1. The molecule has 0 atom stereocenters. The number of carbonyl (C=O) groups excluding carboxylic acids is 1. The Hall–Kier alpha value is -3.17. The molecule has 9 heteroatoms. The second-order valence-electron chi connectivity index (χ2n) is 6.88. The van der Waals surface area contributed by atoms with E-state index < -0.39 is 39.9 Å². The maximum absolute atomic E-state index is 13.3. The van der Waals surface area contributed by atoms with Crippen molar-refractivity contribution in [1.29, 1.82) is 0 Å². The Morgan fingerprint density at radius 1 is 0.906 bits per heavy atom. The average Bonchev–Trinajstić information content (AvgIpc) is 2.77. The smallest absolute Gasteiger partial charge is 0.324 e. The number of alkyl halides is 3. The first kappa shape index (κ1) is 23.5. The molecule has 1 amide bonds. The van der Waals surface area contributed by atoms with E-state index in [4.69, 9.17) is 0 Å². The number of rotatable bonds is 7. The normalized spacial score (nSPS) is 12.0. The monoisotopic (exact) mass is 462 g/mol. The largest absolute Gasteiger partial charge is 0.418 e. The Morgan fingerprint density at radius 2 is 1.50 bits per heavy atom. The first-order valence-electron chi connectivity index (χ1n) is 9.75. The maximum atomic E-state index is 13.3. The number of carbonyl (C=O) groups is 1. The molecule has 3 aromatic carbocycles. The van der Waals surface area contributed by atoms with Gasteiger partial charge in [-0.25, -0.2) is 8.42 Å². The lowest BCUT2D eigenvalue weighted by molar-refractivity contribution is -0.137. The molecule has 0 unspecified atom stereocenters. The molecule has 0 radical (unpaired) electrons. The molecule has 0 bridgehead atoms. The number of nitrogens with zero attached hydrogens (tertiary/aromatic N) is 1. The van der Waals surface area contributed by atoms with Gasteiger partial charge in [0.1, 0.15) is 0 Å². The molecule has 3 aromatic rings. The van der Waals surface area contributed by atoms with Crippen LogP contribution < -0.4 is 5.32 Å². The summed E-state index contributed by atoms with van der Waals surface area (Å²) >= 11 is 0. The topological polar surface area (TPSA) is 66.5 Å². The molecular formula is C23H21F3N2O3S. The van der Waals surface area contributed by atoms with Crippen molar-refractivity contribution in [1.82, 2.24) is 4.31 Å². The highest BCUT2D eigenvalue weighted by Gasteiger charge is 2.34. The van der Waals surface area contributed by atoms with Gasteiger partial charge in [-0.3, -0.25) is 4.79 Å². The van der Waals surface area contributed by atoms with Crippen LogP contribution in [0.2, 0.25) is 0 Å². The van der Waals surface area contributed by atoms with Gasteiger partial charge in [0.15, 0.2) is 0 Å². The molecule has 0 saturated carbocycles. The van der Waals surface area contributed by atoms with Crippen molar-refractivity contribution in [2.24, 2.45) is 0 Å². The number of para-hydroxylation sites is 1. The molecule has 0 aromatic heterocycles. The summed E-state index contributed by atoms with van der Waals surface area (Å²) in [5.74, 6) is -0.871. The van der Waals surface area contributed by atoms with Crippen LogP contribution in [0.25, 0.3) is 11.1 Å². The van der Waals surface area contributed by atoms with Crippen LogP contribution >= 0.6 is 0 Å². The molecule has 5 nitrogen and oxygen atoms in total. The van der Waals surface area contributed by atoms with Gasteiger partial charge < -0.3 is 5.32 Å². The molecule has 0 aliphatic heterocycles. The van der Waals surface area contributed by atoms with Gasteiger partial charge in [-0.15, -0.1) is 0 Å². The Balaban J connectivity index is 1.88. The van der Waals surface area contributed by atoms with Crippen LogP contribution in [0.1, 0.15) is 12.5 Å². The third-order valence-corrected chi connectivity index (χ3v) is 6.75. The third kappa shape index (κ3) is 5.17. The van der Waals surface area contributed by atoms with Crippen molar-refractivity contribution in [3.8, 4) is 11.1 Å². The van der Waals surface area contributed by atoms with E-state index >= 15 is 0 Å². The summed E-state index contributed by atoms with van der Waals surface area (Å²) in [5.41, 5.74) is -0.280. The Labute approximate surface area is 184 Å². The highest BCUT2D eigenvalue weighted by molar-refractivity contribution is 7.89. The number of anilines is 1. The van der Waals surface area contributed by atoms with Gasteiger partial charge >= 0.3 is 6.18 Å². The lowest BCUT2D eigenvalue weighted by Gasteiger charge is -2.22. The number of likely N-dealkylation sites (N-methyl/N-ethyl adjacent to an activating group) is 1. The van der Waals surface area contributed by atoms with Crippen LogP contribution in [-0.4, -0.2) is 31.7 Å². The van der Waals surface area contributed by atoms with E-state index in [1.54, 1.807) is 49.4 Å². The van der Waals surface area contributed by atoms with E-state index in [2.05, 4.69) is 5.32 Å². The minimum atomic E-state index is -4.66. The van der Waals surface area contributed by atoms with Gasteiger partial charge in [-0.05, 0) is 23.8 Å². The minimum absolute atomic E-state index is 0.0107. The third-order valence-electron chi connectivity index (χ3n) is 4.77. The first-order valence-corrected chi connectivity index (χ1v) is 11.2. The lowest BCUT2D eigenvalue weighted by Crippen LogP contribution is -2.38. The summed E-state index contributed by atoms with van der Waals surface area (Å²) in [4.78, 5) is 12.5. The maximum Gasteiger partial charge on any atom is 0.418 e. The van der Waals surface area contributed by atoms with Crippen molar-refractivity contribution < 1.29 is 26.4 Å². The average molecular weight is 462 g/mol. The molecule has 0 aliphatic rings. The molecule has 0 saturated heterocycles. The summed E-state index contributed by atoms with van der Waals surface area (Å²) in [5, 5.41) is 2.19. The number of nitrogens with one attached hydrogen (secondary N) is 1. The van der Waals surface area contributed by atoms with E-state index in [-0.39, 0.29) is 11.4 Å². The van der Waals surface area contributed by atoms with Gasteiger partial charge in [-0.1, -0.05) is 67.6 Å². The van der Waals surface area contributed by atoms with Crippen molar-refractivity contribution >= 4 is 21.6 Å². The number of amides is 1. The SMILES string of the molecule is CCN(CC(=O)Nc1ccccc1C(F)(F)F)S(=O)(=O)c1ccccc1-c1ccccc1. The van der Waals surface area contributed by atoms with E-state index in [0.717, 1.165) is 16.4 Å². The van der Waals surface area contributed by atoms with Gasteiger partial charge in [0, 0.05) is 12.1 Å². The summed E-state index contributed by atoms with van der Waals surface area (Å²) in [7, 11) is -4.11. The van der Waals surface area contributed by atoms with Crippen molar-refractivity contribution in [2.75, 3.05) is 18.4 Å². The van der Waals surface area contributed by atoms with Gasteiger partial charge in [-0.2, -0.15) is 17.5 Å². The number of halogens is 3. The Kier molecular flexibility index (Phi) is 7.00. The molecule has 0 spiro atoms. The summed E-state index contributed by atoms with van der Waals surface area (Å²) < 4.78 is 67.2. The van der Waals surface area contributed by atoms with Gasteiger partial charge in [0.05, 0.1) is 22.7 Å². The standard InChI is InChI=1S/C23H21F3N2O3S/c1-2-28(16-22(29)27-20-14-8-7-13-19(20)23(24,25)26)32(30,31)21-15-9-6-12-18(21)17-10-4-3-5-11-17/h3-15H,2,16H2,1H3,(H,27,29). The van der Waals surface area contributed by atoms with Gasteiger partial charge in [0.25, 0.3) is 0 Å². The van der Waals surface area contributed by atoms with Crippen LogP contribution in [0, 0.1) is 0 Å². The highest BCUT2D eigenvalue weighted by atomic mass is 32.2. The van der Waals surface area contributed by atoms with Crippen molar-refractivity contribution in [3.05, 3.63) is 84.4 Å². The second kappa shape index (κ2) is 9.54. The zero-order valence-corrected chi connectivity index (χ0v) is 18.0. The first-order chi connectivity index (χ1) is 15.1.